The third-order valence-corrected chi connectivity index (χ3v) is 3.26. The van der Waals surface area contributed by atoms with Gasteiger partial charge in [0.2, 0.25) is 0 Å². The number of carbonyl (C=O) groups is 1. The van der Waals surface area contributed by atoms with Crippen LogP contribution in [0.3, 0.4) is 0 Å². The van der Waals surface area contributed by atoms with E-state index in [2.05, 4.69) is 31.0 Å². The molecule has 20 heavy (non-hydrogen) atoms. The molecule has 0 fully saturated rings. The molecule has 0 bridgehead atoms. The first-order valence-electron chi connectivity index (χ1n) is 6.75. The molecule has 3 heteroatoms. The number of hydrogen-bond acceptors (Lipinski definition) is 3. The van der Waals surface area contributed by atoms with Crippen LogP contribution in [0.2, 0.25) is 0 Å². The molecule has 0 aliphatic carbocycles. The molecular formula is C17H19NO2. The highest BCUT2D eigenvalue weighted by molar-refractivity contribution is 5.90. The molecule has 2 rings (SSSR count). The number of rotatable bonds is 3. The fraction of sp³-hybridized carbons (Fsp3) is 0.294. The van der Waals surface area contributed by atoms with Crippen LogP contribution in [0.5, 0.6) is 0 Å². The lowest BCUT2D eigenvalue weighted by molar-refractivity contribution is -0.137. The van der Waals surface area contributed by atoms with Gasteiger partial charge < -0.3 is 4.74 Å². The van der Waals surface area contributed by atoms with Crippen molar-refractivity contribution in [3.05, 3.63) is 46.7 Å². The lowest BCUT2D eigenvalue weighted by Crippen LogP contribution is -1.99. The van der Waals surface area contributed by atoms with Crippen LogP contribution in [0.25, 0.3) is 17.0 Å². The second-order valence-corrected chi connectivity index (χ2v) is 4.87. The highest BCUT2D eigenvalue weighted by Crippen LogP contribution is 2.24. The van der Waals surface area contributed by atoms with Gasteiger partial charge in [-0.3, -0.25) is 0 Å². The van der Waals surface area contributed by atoms with E-state index in [0.29, 0.717) is 6.61 Å². The van der Waals surface area contributed by atoms with E-state index in [0.717, 1.165) is 16.8 Å². The maximum absolute atomic E-state index is 11.3. The van der Waals surface area contributed by atoms with Gasteiger partial charge >= 0.3 is 5.97 Å². The van der Waals surface area contributed by atoms with Crippen molar-refractivity contribution in [2.45, 2.75) is 27.7 Å². The molecule has 0 aliphatic heterocycles. The molecule has 1 heterocycles. The number of pyridine rings is 1. The average Bonchev–Trinajstić information content (AvgIpc) is 2.41. The highest BCUT2D eigenvalue weighted by atomic mass is 16.5. The highest BCUT2D eigenvalue weighted by Gasteiger charge is 2.06. The Morgan fingerprint density at radius 2 is 1.90 bits per heavy atom. The minimum atomic E-state index is -0.340. The molecule has 2 aromatic rings. The summed E-state index contributed by atoms with van der Waals surface area (Å²) in [6.07, 6.45) is 3.12. The Kier molecular flexibility index (Phi) is 4.18. The topological polar surface area (TPSA) is 39.2 Å². The Balaban J connectivity index is 2.48. The maximum Gasteiger partial charge on any atom is 0.330 e. The van der Waals surface area contributed by atoms with Crippen molar-refractivity contribution >= 4 is 22.9 Å². The zero-order valence-corrected chi connectivity index (χ0v) is 12.4. The van der Waals surface area contributed by atoms with Gasteiger partial charge in [-0.05, 0) is 56.5 Å². The van der Waals surface area contributed by atoms with E-state index in [-0.39, 0.29) is 5.97 Å². The first-order chi connectivity index (χ1) is 9.52. The molecule has 1 aromatic heterocycles. The molecule has 0 radical (unpaired) electrons. The van der Waals surface area contributed by atoms with Gasteiger partial charge in [-0.15, -0.1) is 0 Å². The van der Waals surface area contributed by atoms with Crippen LogP contribution >= 0.6 is 0 Å². The molecule has 104 valence electrons. The third-order valence-electron chi connectivity index (χ3n) is 3.26. The Bertz CT molecular complexity index is 687. The van der Waals surface area contributed by atoms with Crippen LogP contribution in [0, 0.1) is 20.8 Å². The Morgan fingerprint density at radius 1 is 1.20 bits per heavy atom. The van der Waals surface area contributed by atoms with Gasteiger partial charge in [0.15, 0.2) is 0 Å². The van der Waals surface area contributed by atoms with Crippen molar-refractivity contribution in [1.29, 1.82) is 0 Å². The van der Waals surface area contributed by atoms with E-state index in [1.54, 1.807) is 13.0 Å². The fourth-order valence-electron chi connectivity index (χ4n) is 2.32. The Labute approximate surface area is 119 Å². The molecule has 0 saturated heterocycles. The summed E-state index contributed by atoms with van der Waals surface area (Å²) in [5.74, 6) is -0.340. The van der Waals surface area contributed by atoms with Crippen molar-refractivity contribution in [3.8, 4) is 0 Å². The van der Waals surface area contributed by atoms with E-state index in [9.17, 15) is 4.79 Å². The summed E-state index contributed by atoms with van der Waals surface area (Å²) in [4.78, 5) is 16.0. The predicted octanol–water partition coefficient (Wildman–Crippen LogP) is 3.74. The number of aryl methyl sites for hydroxylation is 3. The van der Waals surface area contributed by atoms with Gasteiger partial charge in [-0.25, -0.2) is 9.78 Å². The van der Waals surface area contributed by atoms with Crippen molar-refractivity contribution < 1.29 is 9.53 Å². The molecule has 0 saturated carbocycles. The van der Waals surface area contributed by atoms with Crippen LogP contribution < -0.4 is 0 Å². The van der Waals surface area contributed by atoms with Gasteiger partial charge in [0.1, 0.15) is 0 Å². The molecule has 0 unspecified atom stereocenters. The summed E-state index contributed by atoms with van der Waals surface area (Å²) in [7, 11) is 0. The zero-order chi connectivity index (χ0) is 14.7. The van der Waals surface area contributed by atoms with Gasteiger partial charge in [-0.1, -0.05) is 12.1 Å². The lowest BCUT2D eigenvalue weighted by atomic mass is 10.0. The van der Waals surface area contributed by atoms with Crippen LogP contribution in [0.4, 0.5) is 0 Å². The number of carbonyl (C=O) groups excluding carboxylic acids is 1. The first-order valence-corrected chi connectivity index (χ1v) is 6.75. The molecule has 0 amide bonds. The Hall–Kier alpha value is -2.16. The summed E-state index contributed by atoms with van der Waals surface area (Å²) in [5.41, 5.74) is 5.29. The molecule has 0 aliphatic rings. The van der Waals surface area contributed by atoms with E-state index in [4.69, 9.17) is 4.74 Å². The summed E-state index contributed by atoms with van der Waals surface area (Å²) in [5, 5.41) is 1.19. The fourth-order valence-corrected chi connectivity index (χ4v) is 2.32. The minimum absolute atomic E-state index is 0.340. The van der Waals surface area contributed by atoms with Crippen LogP contribution in [0.1, 0.15) is 29.3 Å². The number of aromatic nitrogens is 1. The van der Waals surface area contributed by atoms with E-state index in [1.807, 2.05) is 13.0 Å². The van der Waals surface area contributed by atoms with Crippen molar-refractivity contribution in [2.75, 3.05) is 6.61 Å². The van der Waals surface area contributed by atoms with Crippen molar-refractivity contribution in [2.24, 2.45) is 0 Å². The van der Waals surface area contributed by atoms with Crippen LogP contribution in [-0.4, -0.2) is 17.6 Å². The summed E-state index contributed by atoms with van der Waals surface area (Å²) >= 11 is 0. The quantitative estimate of drug-likeness (QED) is 0.629. The number of ether oxygens (including phenoxy) is 1. The summed E-state index contributed by atoms with van der Waals surface area (Å²) < 4.78 is 4.87. The van der Waals surface area contributed by atoms with Crippen molar-refractivity contribution in [3.63, 3.8) is 0 Å². The van der Waals surface area contributed by atoms with E-state index >= 15 is 0 Å². The molecule has 1 aromatic carbocycles. The average molecular weight is 269 g/mol. The van der Waals surface area contributed by atoms with Gasteiger partial charge in [0.05, 0.1) is 17.8 Å². The third kappa shape index (κ3) is 2.87. The summed E-state index contributed by atoms with van der Waals surface area (Å²) in [6.45, 7) is 8.37. The smallest absolute Gasteiger partial charge is 0.330 e. The second-order valence-electron chi connectivity index (χ2n) is 4.87. The van der Waals surface area contributed by atoms with Gasteiger partial charge in [0.25, 0.3) is 0 Å². The molecule has 3 nitrogen and oxygen atoms in total. The number of benzene rings is 1. The molecular weight excluding hydrogens is 250 g/mol. The van der Waals surface area contributed by atoms with Crippen molar-refractivity contribution in [1.82, 2.24) is 4.98 Å². The number of nitrogens with zero attached hydrogens (tertiary/aromatic N) is 1. The first kappa shape index (κ1) is 14.3. The largest absolute Gasteiger partial charge is 0.463 e. The van der Waals surface area contributed by atoms with Gasteiger partial charge in [0, 0.05) is 11.5 Å². The number of esters is 1. The molecule has 0 spiro atoms. The Morgan fingerprint density at radius 3 is 2.60 bits per heavy atom. The van der Waals surface area contributed by atoms with Crippen LogP contribution in [-0.2, 0) is 9.53 Å². The van der Waals surface area contributed by atoms with Gasteiger partial charge in [-0.2, -0.15) is 0 Å². The van der Waals surface area contributed by atoms with E-state index in [1.165, 1.54) is 22.6 Å². The predicted molar refractivity (Wildman–Crippen MR) is 81.6 cm³/mol. The lowest BCUT2D eigenvalue weighted by Gasteiger charge is -2.09. The number of hydrogen-bond donors (Lipinski definition) is 0. The summed E-state index contributed by atoms with van der Waals surface area (Å²) in [6, 6.07) is 6.17. The molecule has 0 N–H and O–H groups in total. The number of fused-ring (bicyclic) bond motifs is 1. The monoisotopic (exact) mass is 269 g/mol. The standard InChI is InChI=1S/C17H19NO2/c1-5-20-15(19)9-8-14-10-13(4)16-11(2)6-7-12(3)17(16)18-14/h6-10H,5H2,1-4H3/b9-8+. The SMILES string of the molecule is CCOC(=O)/C=C/c1cc(C)c2c(C)ccc(C)c2n1. The second kappa shape index (κ2) is 5.87. The minimum Gasteiger partial charge on any atom is -0.463 e. The van der Waals surface area contributed by atoms with E-state index < -0.39 is 0 Å². The zero-order valence-electron chi connectivity index (χ0n) is 12.4. The normalized spacial score (nSPS) is 11.2. The maximum atomic E-state index is 11.3. The van der Waals surface area contributed by atoms with Crippen LogP contribution in [0.15, 0.2) is 24.3 Å². The molecule has 0 atom stereocenters.